The molecule has 24 heavy (non-hydrogen) atoms. The van der Waals surface area contributed by atoms with Crippen molar-refractivity contribution in [1.29, 1.82) is 0 Å². The molecule has 1 fully saturated rings. The van der Waals surface area contributed by atoms with Crippen LogP contribution in [0.1, 0.15) is 32.6 Å². The molecule has 2 atom stereocenters. The summed E-state index contributed by atoms with van der Waals surface area (Å²) in [6, 6.07) is 0. The Morgan fingerprint density at radius 3 is 2.12 bits per heavy atom. The minimum Gasteiger partial charge on any atom is -0.469 e. The number of methoxy groups -OCH3 is 1. The van der Waals surface area contributed by atoms with Crippen molar-refractivity contribution < 1.29 is 33.6 Å². The first-order chi connectivity index (χ1) is 11.3. The molecular formula is C15H24N2O7. The van der Waals surface area contributed by atoms with Crippen molar-refractivity contribution in [3.63, 3.8) is 0 Å². The first-order valence-corrected chi connectivity index (χ1v) is 7.70. The molecule has 9 heteroatoms. The monoisotopic (exact) mass is 344 g/mol. The fraction of sp³-hybridized carbons (Fsp3) is 0.733. The van der Waals surface area contributed by atoms with E-state index in [0.29, 0.717) is 18.1 Å². The van der Waals surface area contributed by atoms with Gasteiger partial charge in [-0.15, -0.1) is 0 Å². The van der Waals surface area contributed by atoms with Crippen LogP contribution in [0.4, 0.5) is 0 Å². The number of nitrogens with zero attached hydrogens (tertiary/aromatic N) is 2. The first-order valence-electron chi connectivity index (χ1n) is 7.70. The molecule has 0 radical (unpaired) electrons. The number of rotatable bonds is 5. The van der Waals surface area contributed by atoms with Crippen molar-refractivity contribution in [3.05, 3.63) is 0 Å². The Kier molecular flexibility index (Phi) is 7.63. The van der Waals surface area contributed by atoms with Crippen molar-refractivity contribution in [1.82, 2.24) is 10.1 Å². The van der Waals surface area contributed by atoms with Crippen LogP contribution < -0.4 is 0 Å². The zero-order valence-electron chi connectivity index (χ0n) is 14.4. The van der Waals surface area contributed by atoms with Crippen LogP contribution in [-0.2, 0) is 33.6 Å². The Hall–Kier alpha value is -2.16. The van der Waals surface area contributed by atoms with Gasteiger partial charge in [0.05, 0.1) is 26.1 Å². The highest BCUT2D eigenvalue weighted by Gasteiger charge is 2.38. The Balaban J connectivity index is 2.72. The van der Waals surface area contributed by atoms with Gasteiger partial charge in [0.2, 0.25) is 5.91 Å². The van der Waals surface area contributed by atoms with Crippen LogP contribution in [0.2, 0.25) is 0 Å². The second-order valence-electron chi connectivity index (χ2n) is 5.63. The number of hydroxylamine groups is 2. The van der Waals surface area contributed by atoms with Crippen molar-refractivity contribution in [3.8, 4) is 0 Å². The van der Waals surface area contributed by atoms with Crippen LogP contribution in [0.3, 0.4) is 0 Å². The zero-order valence-corrected chi connectivity index (χ0v) is 14.4. The molecule has 0 saturated heterocycles. The lowest BCUT2D eigenvalue weighted by Gasteiger charge is -2.31. The highest BCUT2D eigenvalue weighted by atomic mass is 17.0. The van der Waals surface area contributed by atoms with E-state index in [1.165, 1.54) is 19.1 Å². The van der Waals surface area contributed by atoms with E-state index in [0.717, 1.165) is 26.9 Å². The van der Waals surface area contributed by atoms with E-state index in [9.17, 15) is 19.2 Å². The molecule has 0 bridgehead atoms. The zero-order chi connectivity index (χ0) is 18.3. The molecule has 0 aromatic rings. The van der Waals surface area contributed by atoms with Crippen molar-refractivity contribution in [2.45, 2.75) is 32.6 Å². The molecule has 1 aliphatic rings. The average Bonchev–Trinajstić information content (AvgIpc) is 2.57. The molecule has 9 nitrogen and oxygen atoms in total. The number of likely N-dealkylation sites (N-methyl/N-ethyl adjacent to an activating group) is 1. The van der Waals surface area contributed by atoms with Gasteiger partial charge in [-0.25, -0.2) is 9.63 Å². The molecule has 1 saturated carbocycles. The summed E-state index contributed by atoms with van der Waals surface area (Å²) in [7, 11) is 3.91. The normalized spacial score (nSPS) is 20.0. The SMILES string of the molecule is COC(=O)[C@@H]1CCCC[C@@H]1C(=O)N(C)CC(=O)N(OC)OC(C)=O. The summed E-state index contributed by atoms with van der Waals surface area (Å²) in [4.78, 5) is 57.8. The standard InChI is InChI=1S/C15H24N2O7/c1-10(18)24-17(23-4)13(19)9-16(2)14(20)11-7-5-6-8-12(11)15(21)22-3/h11-12H,5-9H2,1-4H3/t11-,12+/m0/s1. The molecule has 1 rings (SSSR count). The van der Waals surface area contributed by atoms with Gasteiger partial charge in [0.1, 0.15) is 6.54 Å². The third kappa shape index (κ3) is 5.19. The van der Waals surface area contributed by atoms with Crippen LogP contribution in [-0.4, -0.2) is 61.7 Å². The molecule has 1 aliphatic carbocycles. The van der Waals surface area contributed by atoms with Crippen LogP contribution in [0.5, 0.6) is 0 Å². The summed E-state index contributed by atoms with van der Waals surface area (Å²) >= 11 is 0. The van der Waals surface area contributed by atoms with Gasteiger partial charge in [-0.2, -0.15) is 0 Å². The Bertz CT molecular complexity index is 494. The number of hydrogen-bond acceptors (Lipinski definition) is 7. The van der Waals surface area contributed by atoms with E-state index in [2.05, 4.69) is 9.68 Å². The van der Waals surface area contributed by atoms with Gasteiger partial charge in [-0.1, -0.05) is 12.8 Å². The summed E-state index contributed by atoms with van der Waals surface area (Å²) in [6.45, 7) is 0.779. The lowest BCUT2D eigenvalue weighted by Crippen LogP contribution is -2.46. The van der Waals surface area contributed by atoms with Gasteiger partial charge in [0.15, 0.2) is 0 Å². The van der Waals surface area contributed by atoms with E-state index in [1.54, 1.807) is 0 Å². The van der Waals surface area contributed by atoms with Crippen LogP contribution in [0.25, 0.3) is 0 Å². The maximum atomic E-state index is 12.6. The van der Waals surface area contributed by atoms with E-state index in [1.807, 2.05) is 0 Å². The molecule has 0 aromatic carbocycles. The van der Waals surface area contributed by atoms with Gasteiger partial charge in [0, 0.05) is 14.0 Å². The maximum Gasteiger partial charge on any atom is 0.332 e. The molecule has 0 aromatic heterocycles. The number of carbonyl (C=O) groups is 4. The lowest BCUT2D eigenvalue weighted by atomic mass is 9.78. The molecule has 0 N–H and O–H groups in total. The second-order valence-corrected chi connectivity index (χ2v) is 5.63. The molecule has 0 unspecified atom stereocenters. The van der Waals surface area contributed by atoms with E-state index in [4.69, 9.17) is 4.74 Å². The number of ether oxygens (including phenoxy) is 1. The van der Waals surface area contributed by atoms with Crippen molar-refractivity contribution >= 4 is 23.8 Å². The lowest BCUT2D eigenvalue weighted by molar-refractivity contribution is -0.310. The van der Waals surface area contributed by atoms with Crippen molar-refractivity contribution in [2.75, 3.05) is 27.8 Å². The maximum absolute atomic E-state index is 12.6. The number of carbonyl (C=O) groups excluding carboxylic acids is 4. The smallest absolute Gasteiger partial charge is 0.332 e. The fourth-order valence-electron chi connectivity index (χ4n) is 2.79. The molecule has 0 heterocycles. The van der Waals surface area contributed by atoms with Crippen molar-refractivity contribution in [2.24, 2.45) is 11.8 Å². The summed E-state index contributed by atoms with van der Waals surface area (Å²) in [5.41, 5.74) is 0. The van der Waals surface area contributed by atoms with Gasteiger partial charge >= 0.3 is 17.8 Å². The van der Waals surface area contributed by atoms with Crippen LogP contribution >= 0.6 is 0 Å². The topological polar surface area (TPSA) is 102 Å². The quantitative estimate of drug-likeness (QED) is 0.522. The number of amides is 2. The summed E-state index contributed by atoms with van der Waals surface area (Å²) in [6.07, 6.45) is 2.84. The third-order valence-electron chi connectivity index (χ3n) is 3.92. The minimum absolute atomic E-state index is 0.322. The highest BCUT2D eigenvalue weighted by molar-refractivity contribution is 5.88. The van der Waals surface area contributed by atoms with Crippen LogP contribution in [0.15, 0.2) is 0 Å². The van der Waals surface area contributed by atoms with Gasteiger partial charge in [-0.05, 0) is 18.1 Å². The van der Waals surface area contributed by atoms with Gasteiger partial charge in [-0.3, -0.25) is 14.4 Å². The summed E-state index contributed by atoms with van der Waals surface area (Å²) in [5, 5.41) is 0.421. The highest BCUT2D eigenvalue weighted by Crippen LogP contribution is 2.32. The first kappa shape index (κ1) is 19.9. The largest absolute Gasteiger partial charge is 0.469 e. The molecule has 136 valence electrons. The summed E-state index contributed by atoms with van der Waals surface area (Å²) in [5.74, 6) is -3.19. The molecule has 2 amide bonds. The predicted molar refractivity (Wildman–Crippen MR) is 80.7 cm³/mol. The van der Waals surface area contributed by atoms with E-state index < -0.39 is 29.7 Å². The molecule has 0 spiro atoms. The average molecular weight is 344 g/mol. The number of hydrogen-bond donors (Lipinski definition) is 0. The summed E-state index contributed by atoms with van der Waals surface area (Å²) < 4.78 is 4.77. The Morgan fingerprint density at radius 1 is 1.04 bits per heavy atom. The van der Waals surface area contributed by atoms with Gasteiger partial charge < -0.3 is 14.5 Å². The van der Waals surface area contributed by atoms with Crippen LogP contribution in [0, 0.1) is 11.8 Å². The number of esters is 1. The Morgan fingerprint density at radius 2 is 1.62 bits per heavy atom. The third-order valence-corrected chi connectivity index (χ3v) is 3.92. The fourth-order valence-corrected chi connectivity index (χ4v) is 2.79. The predicted octanol–water partition coefficient (Wildman–Crippen LogP) is 0.292. The van der Waals surface area contributed by atoms with E-state index in [-0.39, 0.29) is 12.5 Å². The molecule has 0 aliphatic heterocycles. The Labute approximate surface area is 140 Å². The second kappa shape index (κ2) is 9.21. The molecular weight excluding hydrogens is 320 g/mol. The van der Waals surface area contributed by atoms with E-state index >= 15 is 0 Å². The van der Waals surface area contributed by atoms with Gasteiger partial charge in [0.25, 0.3) is 0 Å². The minimum atomic E-state index is -0.725.